The molecule has 0 unspecified atom stereocenters. The summed E-state index contributed by atoms with van der Waals surface area (Å²) in [7, 11) is 0. The average Bonchev–Trinajstić information content (AvgIpc) is 3.34. The van der Waals surface area contributed by atoms with Crippen LogP contribution in [0.3, 0.4) is 0 Å². The van der Waals surface area contributed by atoms with Crippen LogP contribution in [0.1, 0.15) is 117 Å². The third-order valence-corrected chi connectivity index (χ3v) is 11.6. The first-order chi connectivity index (χ1) is 23.8. The standard InChI is InChI=1S/C42H52ClFN2O4/c1-5-23-46(40(49)45-29(3)31-12-7-6-8-13-31)27-42(50)22-20-36-33-19-17-30(24-32(47)18-16-28(2)11-10-21-41(36,42)4)25-34(33)39(48)26-35-37(43)14-9-15-38(35)44/h6-9,11-15,17,19,25,29,32,36,47,50H,5,10,16,18,20-24,26-27H2,1-4H3,(H,45,49)/t29-,32+,36+,41+,42-/m1/s1. The van der Waals surface area contributed by atoms with Gasteiger partial charge in [0.05, 0.1) is 24.3 Å². The summed E-state index contributed by atoms with van der Waals surface area (Å²) in [6.07, 6.45) is 6.27. The van der Waals surface area contributed by atoms with E-state index in [1.54, 1.807) is 11.0 Å². The van der Waals surface area contributed by atoms with E-state index in [0.29, 0.717) is 50.6 Å². The van der Waals surface area contributed by atoms with Crippen molar-refractivity contribution in [2.45, 2.75) is 109 Å². The maximum absolute atomic E-state index is 14.9. The van der Waals surface area contributed by atoms with Gasteiger partial charge in [0.1, 0.15) is 5.82 Å². The van der Waals surface area contributed by atoms with E-state index in [-0.39, 0.29) is 47.3 Å². The minimum atomic E-state index is -1.25. The Kier molecular flexibility index (Phi) is 12.2. The molecule has 0 aliphatic heterocycles. The fourth-order valence-corrected chi connectivity index (χ4v) is 8.37. The monoisotopic (exact) mass is 702 g/mol. The molecule has 0 radical (unpaired) electrons. The molecule has 6 rings (SSSR count). The van der Waals surface area contributed by atoms with Gasteiger partial charge in [-0.15, -0.1) is 0 Å². The second-order valence-electron chi connectivity index (χ2n) is 14.8. The Balaban J connectivity index is 1.53. The number of nitrogens with one attached hydrogen (secondary N) is 1. The van der Waals surface area contributed by atoms with E-state index in [1.807, 2.05) is 62.4 Å². The number of allylic oxidation sites excluding steroid dienone is 2. The molecule has 2 bridgehead atoms. The fourth-order valence-electron chi connectivity index (χ4n) is 8.14. The third-order valence-electron chi connectivity index (χ3n) is 11.2. The van der Waals surface area contributed by atoms with Gasteiger partial charge in [-0.05, 0) is 106 Å². The van der Waals surface area contributed by atoms with Crippen LogP contribution in [-0.2, 0) is 12.8 Å². The average molecular weight is 703 g/mol. The van der Waals surface area contributed by atoms with Gasteiger partial charge >= 0.3 is 6.03 Å². The van der Waals surface area contributed by atoms with E-state index >= 15 is 0 Å². The van der Waals surface area contributed by atoms with Gasteiger partial charge in [-0.3, -0.25) is 4.79 Å². The number of ketones is 1. The van der Waals surface area contributed by atoms with E-state index in [0.717, 1.165) is 29.5 Å². The van der Waals surface area contributed by atoms with Gasteiger partial charge in [-0.1, -0.05) is 85.6 Å². The Hall–Kier alpha value is -3.52. The molecule has 1 fully saturated rings. The van der Waals surface area contributed by atoms with Crippen LogP contribution in [0.4, 0.5) is 9.18 Å². The Morgan fingerprint density at radius 3 is 2.56 bits per heavy atom. The molecule has 3 N–H and O–H groups in total. The SMILES string of the molecule is CCCN(C[C@]1(O)CC[C@H]2c3ccc(cc3C(=O)Cc3c(F)cccc3Cl)C[C@@H](O)CCC(C)=CCC[C@@]21C)C(=O)N[C@H](C)c1ccccc1. The van der Waals surface area contributed by atoms with Crippen LogP contribution in [0.25, 0.3) is 0 Å². The van der Waals surface area contributed by atoms with E-state index in [9.17, 15) is 24.2 Å². The lowest BCUT2D eigenvalue weighted by Gasteiger charge is -2.46. The van der Waals surface area contributed by atoms with E-state index < -0.39 is 22.9 Å². The van der Waals surface area contributed by atoms with Crippen LogP contribution in [0.15, 0.2) is 78.4 Å². The fraction of sp³-hybridized carbons (Fsp3) is 0.476. The minimum absolute atomic E-state index is 0.155. The van der Waals surface area contributed by atoms with Crippen molar-refractivity contribution in [3.8, 4) is 0 Å². The molecule has 1 saturated carbocycles. The number of nitrogens with zero attached hydrogens (tertiary/aromatic N) is 1. The van der Waals surface area contributed by atoms with Crippen LogP contribution < -0.4 is 5.32 Å². The largest absolute Gasteiger partial charge is 0.393 e. The molecule has 0 spiro atoms. The number of Topliss-reactive ketones (excluding diaryl/α,β-unsaturated/α-hetero) is 1. The molecule has 0 aromatic heterocycles. The predicted molar refractivity (Wildman–Crippen MR) is 198 cm³/mol. The normalized spacial score (nSPS) is 24.5. The van der Waals surface area contributed by atoms with Crippen molar-refractivity contribution >= 4 is 23.4 Å². The number of halogens is 2. The second-order valence-corrected chi connectivity index (χ2v) is 15.2. The zero-order chi connectivity index (χ0) is 36.1. The molecule has 3 aliphatic carbocycles. The molecular formula is C42H52ClFN2O4. The zero-order valence-corrected chi connectivity index (χ0v) is 30.6. The van der Waals surface area contributed by atoms with Crippen molar-refractivity contribution in [2.75, 3.05) is 13.1 Å². The molecule has 6 nitrogen and oxygen atoms in total. The first-order valence-corrected chi connectivity index (χ1v) is 18.5. The highest BCUT2D eigenvalue weighted by molar-refractivity contribution is 6.31. The van der Waals surface area contributed by atoms with Crippen LogP contribution in [0.5, 0.6) is 0 Å². The lowest BCUT2D eigenvalue weighted by atomic mass is 9.64. The number of amides is 2. The summed E-state index contributed by atoms with van der Waals surface area (Å²) >= 11 is 6.37. The smallest absolute Gasteiger partial charge is 0.317 e. The summed E-state index contributed by atoms with van der Waals surface area (Å²) in [5, 5.41) is 27.1. The summed E-state index contributed by atoms with van der Waals surface area (Å²) in [5.41, 5.74) is 2.50. The van der Waals surface area contributed by atoms with Crippen molar-refractivity contribution in [1.82, 2.24) is 10.2 Å². The van der Waals surface area contributed by atoms with Crippen LogP contribution >= 0.6 is 11.6 Å². The van der Waals surface area contributed by atoms with Crippen molar-refractivity contribution in [3.05, 3.63) is 117 Å². The Morgan fingerprint density at radius 2 is 1.84 bits per heavy atom. The molecule has 3 aromatic rings. The van der Waals surface area contributed by atoms with Crippen LogP contribution in [0.2, 0.25) is 5.02 Å². The molecule has 5 atom stereocenters. The minimum Gasteiger partial charge on any atom is -0.393 e. The van der Waals surface area contributed by atoms with E-state index in [1.165, 1.54) is 17.7 Å². The molecule has 2 amide bonds. The second kappa shape index (κ2) is 16.2. The number of aliphatic hydroxyl groups is 2. The summed E-state index contributed by atoms with van der Waals surface area (Å²) in [6, 6.07) is 19.6. The predicted octanol–water partition coefficient (Wildman–Crippen LogP) is 9.13. The highest BCUT2D eigenvalue weighted by Gasteiger charge is 2.57. The number of rotatable bonds is 9. The van der Waals surface area contributed by atoms with Gasteiger partial charge in [0.25, 0.3) is 0 Å². The Labute approximate surface area is 301 Å². The van der Waals surface area contributed by atoms with Gasteiger partial charge in [0, 0.05) is 34.5 Å². The van der Waals surface area contributed by atoms with Crippen molar-refractivity contribution < 1.29 is 24.2 Å². The van der Waals surface area contributed by atoms with Crippen LogP contribution in [0, 0.1) is 11.2 Å². The maximum Gasteiger partial charge on any atom is 0.317 e. The topological polar surface area (TPSA) is 89.9 Å². The summed E-state index contributed by atoms with van der Waals surface area (Å²) < 4.78 is 14.9. The van der Waals surface area contributed by atoms with Gasteiger partial charge in [0.15, 0.2) is 5.78 Å². The molecule has 50 heavy (non-hydrogen) atoms. The lowest BCUT2D eigenvalue weighted by Crippen LogP contribution is -2.55. The molecule has 3 aliphatic rings. The van der Waals surface area contributed by atoms with Gasteiger partial charge < -0.3 is 20.4 Å². The quantitative estimate of drug-likeness (QED) is 0.153. The number of fused-ring (bicyclic) bond motifs is 8. The van der Waals surface area contributed by atoms with Crippen LogP contribution in [-0.4, -0.2) is 51.7 Å². The third kappa shape index (κ3) is 8.33. The molecule has 0 heterocycles. The maximum atomic E-state index is 14.9. The number of aliphatic hydroxyl groups excluding tert-OH is 1. The van der Waals surface area contributed by atoms with Crippen molar-refractivity contribution in [1.29, 1.82) is 0 Å². The number of carbonyl (C=O) groups is 2. The molecular weight excluding hydrogens is 651 g/mol. The number of benzene rings is 3. The van der Waals surface area contributed by atoms with E-state index in [4.69, 9.17) is 11.6 Å². The first kappa shape index (κ1) is 37.7. The lowest BCUT2D eigenvalue weighted by molar-refractivity contribution is -0.0770. The highest BCUT2D eigenvalue weighted by Crippen LogP contribution is 2.59. The number of urea groups is 1. The van der Waals surface area contributed by atoms with E-state index in [2.05, 4.69) is 25.2 Å². The van der Waals surface area contributed by atoms with Crippen molar-refractivity contribution in [3.63, 3.8) is 0 Å². The first-order valence-electron chi connectivity index (χ1n) is 18.1. The summed E-state index contributed by atoms with van der Waals surface area (Å²) in [6.45, 7) is 8.81. The highest BCUT2D eigenvalue weighted by atomic mass is 35.5. The summed E-state index contributed by atoms with van der Waals surface area (Å²) in [5.74, 6) is -1.00. The van der Waals surface area contributed by atoms with Gasteiger partial charge in [-0.25, -0.2) is 9.18 Å². The zero-order valence-electron chi connectivity index (χ0n) is 29.9. The van der Waals surface area contributed by atoms with Gasteiger partial charge in [0.2, 0.25) is 0 Å². The molecule has 8 heteroatoms. The Morgan fingerprint density at radius 1 is 1.08 bits per heavy atom. The number of hydrogen-bond donors (Lipinski definition) is 3. The molecule has 268 valence electrons. The molecule has 3 aromatic carbocycles. The number of carbonyl (C=O) groups excluding carboxylic acids is 2. The van der Waals surface area contributed by atoms with Gasteiger partial charge in [-0.2, -0.15) is 0 Å². The summed E-state index contributed by atoms with van der Waals surface area (Å²) in [4.78, 5) is 29.8. The number of hydrogen-bond acceptors (Lipinski definition) is 4. The Bertz CT molecular complexity index is 1680. The van der Waals surface area contributed by atoms with Crippen molar-refractivity contribution in [2.24, 2.45) is 5.41 Å². The molecule has 0 saturated heterocycles.